The van der Waals surface area contributed by atoms with Crippen molar-refractivity contribution in [2.24, 2.45) is 0 Å². The first-order valence-corrected chi connectivity index (χ1v) is 9.32. The van der Waals surface area contributed by atoms with Crippen LogP contribution in [0.15, 0.2) is 59.5 Å². The van der Waals surface area contributed by atoms with Gasteiger partial charge in [0.2, 0.25) is 5.91 Å². The molecule has 4 aromatic rings. The van der Waals surface area contributed by atoms with Gasteiger partial charge in [-0.1, -0.05) is 24.3 Å². The Labute approximate surface area is 167 Å². The van der Waals surface area contributed by atoms with E-state index in [-0.39, 0.29) is 18.0 Å². The van der Waals surface area contributed by atoms with E-state index < -0.39 is 0 Å². The molecule has 1 amide bonds. The highest BCUT2D eigenvalue weighted by atomic mass is 16.2. The first kappa shape index (κ1) is 18.6. The van der Waals surface area contributed by atoms with Crippen LogP contribution < -0.4 is 10.9 Å². The third kappa shape index (κ3) is 3.54. The second-order valence-corrected chi connectivity index (χ2v) is 7.05. The molecule has 7 heteroatoms. The first-order valence-electron chi connectivity index (χ1n) is 9.32. The van der Waals surface area contributed by atoms with Gasteiger partial charge in [0.25, 0.3) is 5.56 Å². The lowest BCUT2D eigenvalue weighted by Gasteiger charge is -2.10. The molecule has 0 aliphatic heterocycles. The van der Waals surface area contributed by atoms with Crippen molar-refractivity contribution in [1.82, 2.24) is 19.6 Å². The number of hydrogen-bond donors (Lipinski definition) is 1. The molecule has 0 unspecified atom stereocenters. The van der Waals surface area contributed by atoms with Crippen LogP contribution in [0, 0.1) is 20.8 Å². The number of aromatic nitrogens is 4. The fraction of sp³-hybridized carbons (Fsp3) is 0.182. The van der Waals surface area contributed by atoms with Crippen molar-refractivity contribution >= 4 is 22.5 Å². The molecule has 29 heavy (non-hydrogen) atoms. The number of benzene rings is 2. The summed E-state index contributed by atoms with van der Waals surface area (Å²) in [5.74, 6) is -0.318. The van der Waals surface area contributed by atoms with Crippen LogP contribution in [0.4, 0.5) is 5.69 Å². The minimum Gasteiger partial charge on any atom is -0.324 e. The number of para-hydroxylation sites is 1. The predicted molar refractivity (Wildman–Crippen MR) is 112 cm³/mol. The molecule has 0 atom stereocenters. The minimum atomic E-state index is -0.357. The van der Waals surface area contributed by atoms with Crippen LogP contribution in [0.1, 0.15) is 16.8 Å². The maximum absolute atomic E-state index is 13.1. The average Bonchev–Trinajstić information content (AvgIpc) is 3.15. The average molecular weight is 387 g/mol. The molecule has 0 aliphatic rings. The first-order chi connectivity index (χ1) is 13.9. The van der Waals surface area contributed by atoms with Gasteiger partial charge < -0.3 is 5.32 Å². The van der Waals surface area contributed by atoms with E-state index in [1.165, 1.54) is 4.68 Å². The van der Waals surface area contributed by atoms with Crippen LogP contribution in [-0.2, 0) is 11.3 Å². The molecule has 0 aliphatic carbocycles. The summed E-state index contributed by atoms with van der Waals surface area (Å²) in [5.41, 5.74) is 4.44. The van der Waals surface area contributed by atoms with E-state index in [4.69, 9.17) is 0 Å². The van der Waals surface area contributed by atoms with Crippen molar-refractivity contribution < 1.29 is 4.79 Å². The number of nitrogens with one attached hydrogen (secondary N) is 1. The van der Waals surface area contributed by atoms with Crippen LogP contribution in [0.3, 0.4) is 0 Å². The van der Waals surface area contributed by atoms with Gasteiger partial charge in [0.15, 0.2) is 0 Å². The summed E-state index contributed by atoms with van der Waals surface area (Å²) in [6.45, 7) is 5.68. The second-order valence-electron chi connectivity index (χ2n) is 7.05. The zero-order chi connectivity index (χ0) is 20.5. The molecule has 0 saturated carbocycles. The molecule has 2 aromatic heterocycles. The van der Waals surface area contributed by atoms with Gasteiger partial charge in [-0.2, -0.15) is 10.2 Å². The molecule has 0 radical (unpaired) electrons. The van der Waals surface area contributed by atoms with Gasteiger partial charge in [-0.15, -0.1) is 0 Å². The molecule has 4 rings (SSSR count). The molecule has 2 heterocycles. The van der Waals surface area contributed by atoms with E-state index >= 15 is 0 Å². The summed E-state index contributed by atoms with van der Waals surface area (Å²) >= 11 is 0. The smallest absolute Gasteiger partial charge is 0.293 e. The Morgan fingerprint density at radius 1 is 1.03 bits per heavy atom. The van der Waals surface area contributed by atoms with Gasteiger partial charge in [-0.25, -0.2) is 9.36 Å². The van der Waals surface area contributed by atoms with E-state index in [9.17, 15) is 9.59 Å². The lowest BCUT2D eigenvalue weighted by Crippen LogP contribution is -2.31. The molecular weight excluding hydrogens is 366 g/mol. The van der Waals surface area contributed by atoms with Crippen LogP contribution in [0.2, 0.25) is 0 Å². The van der Waals surface area contributed by atoms with E-state index in [1.54, 1.807) is 29.9 Å². The lowest BCUT2D eigenvalue weighted by molar-refractivity contribution is -0.117. The molecule has 2 aromatic carbocycles. The number of anilines is 1. The summed E-state index contributed by atoms with van der Waals surface area (Å²) in [5, 5.41) is 12.2. The van der Waals surface area contributed by atoms with Crippen LogP contribution in [0.25, 0.3) is 16.6 Å². The molecule has 0 bridgehead atoms. The van der Waals surface area contributed by atoms with Gasteiger partial charge >= 0.3 is 0 Å². The molecule has 7 nitrogen and oxygen atoms in total. The number of carbonyl (C=O) groups excluding carboxylic acids is 1. The predicted octanol–water partition coefficient (Wildman–Crippen LogP) is 3.15. The number of carbonyl (C=O) groups is 1. The summed E-state index contributed by atoms with van der Waals surface area (Å²) < 4.78 is 2.81. The topological polar surface area (TPSA) is 81.8 Å². The Morgan fingerprint density at radius 2 is 1.79 bits per heavy atom. The molecule has 0 spiro atoms. The summed E-state index contributed by atoms with van der Waals surface area (Å²) in [6.07, 6.45) is 1.64. The Balaban J connectivity index is 1.74. The van der Waals surface area contributed by atoms with Crippen LogP contribution in [-0.4, -0.2) is 25.5 Å². The number of hydrogen-bond acceptors (Lipinski definition) is 4. The Morgan fingerprint density at radius 3 is 2.52 bits per heavy atom. The zero-order valence-corrected chi connectivity index (χ0v) is 16.5. The highest BCUT2D eigenvalue weighted by molar-refractivity contribution is 5.90. The Hall–Kier alpha value is -3.74. The number of rotatable bonds is 4. The maximum atomic E-state index is 13.1. The quantitative estimate of drug-likeness (QED) is 0.583. The fourth-order valence-electron chi connectivity index (χ4n) is 3.24. The van der Waals surface area contributed by atoms with E-state index in [0.29, 0.717) is 22.3 Å². The maximum Gasteiger partial charge on any atom is 0.293 e. The largest absolute Gasteiger partial charge is 0.324 e. The second kappa shape index (κ2) is 7.35. The number of amides is 1. The lowest BCUT2D eigenvalue weighted by atomic mass is 10.1. The molecular formula is C22H21N5O2. The normalized spacial score (nSPS) is 11.0. The van der Waals surface area contributed by atoms with Gasteiger partial charge in [0.1, 0.15) is 12.1 Å². The summed E-state index contributed by atoms with van der Waals surface area (Å²) in [4.78, 5) is 25.6. The standard InChI is InChI=1S/C22H21N5O2/c1-14-9-10-18(11-15(14)2)27-21-19(12-23-27)16(3)25-26(22(21)29)13-20(28)24-17-7-5-4-6-8-17/h4-12H,13H2,1-3H3,(H,24,28). The molecule has 0 saturated heterocycles. The van der Waals surface area contributed by atoms with Gasteiger partial charge in [-0.05, 0) is 56.2 Å². The summed E-state index contributed by atoms with van der Waals surface area (Å²) in [6, 6.07) is 15.0. The Kier molecular flexibility index (Phi) is 4.72. The SMILES string of the molecule is Cc1ccc(-n2ncc3c(C)nn(CC(=O)Nc4ccccc4)c(=O)c32)cc1C. The number of fused-ring (bicyclic) bond motifs is 1. The fourth-order valence-corrected chi connectivity index (χ4v) is 3.24. The highest BCUT2D eigenvalue weighted by Gasteiger charge is 2.17. The molecule has 0 fully saturated rings. The molecule has 1 N–H and O–H groups in total. The van der Waals surface area contributed by atoms with Crippen LogP contribution >= 0.6 is 0 Å². The van der Waals surface area contributed by atoms with E-state index in [1.807, 2.05) is 50.2 Å². The van der Waals surface area contributed by atoms with Gasteiger partial charge in [-0.3, -0.25) is 9.59 Å². The monoisotopic (exact) mass is 387 g/mol. The van der Waals surface area contributed by atoms with Crippen LogP contribution in [0.5, 0.6) is 0 Å². The van der Waals surface area contributed by atoms with E-state index in [2.05, 4.69) is 15.5 Å². The van der Waals surface area contributed by atoms with Crippen molar-refractivity contribution in [3.05, 3.63) is 81.9 Å². The van der Waals surface area contributed by atoms with Gasteiger partial charge in [0.05, 0.1) is 17.6 Å². The summed E-state index contributed by atoms with van der Waals surface area (Å²) in [7, 11) is 0. The Bertz CT molecular complexity index is 1270. The third-order valence-electron chi connectivity index (χ3n) is 4.95. The van der Waals surface area contributed by atoms with Crippen molar-refractivity contribution in [3.63, 3.8) is 0 Å². The van der Waals surface area contributed by atoms with Crippen molar-refractivity contribution in [2.75, 3.05) is 5.32 Å². The van der Waals surface area contributed by atoms with E-state index in [0.717, 1.165) is 16.8 Å². The van der Waals surface area contributed by atoms with Crippen molar-refractivity contribution in [3.8, 4) is 5.69 Å². The zero-order valence-electron chi connectivity index (χ0n) is 16.5. The third-order valence-corrected chi connectivity index (χ3v) is 4.95. The minimum absolute atomic E-state index is 0.178. The highest BCUT2D eigenvalue weighted by Crippen LogP contribution is 2.19. The van der Waals surface area contributed by atoms with Gasteiger partial charge in [0, 0.05) is 11.1 Å². The van der Waals surface area contributed by atoms with Crippen molar-refractivity contribution in [1.29, 1.82) is 0 Å². The number of aryl methyl sites for hydroxylation is 3. The molecule has 146 valence electrons. The van der Waals surface area contributed by atoms with Crippen molar-refractivity contribution in [2.45, 2.75) is 27.3 Å². The number of nitrogens with zero attached hydrogens (tertiary/aromatic N) is 4.